The molecule has 2 aromatic rings. The Morgan fingerprint density at radius 1 is 1.13 bits per heavy atom. The molecule has 0 fully saturated rings. The van der Waals surface area contributed by atoms with Crippen LogP contribution in [-0.4, -0.2) is 0 Å². The first-order valence-electron chi connectivity index (χ1n) is 4.81. The van der Waals surface area contributed by atoms with Crippen LogP contribution in [0.5, 0.6) is 0 Å². The van der Waals surface area contributed by atoms with E-state index in [1.807, 2.05) is 30.3 Å². The Bertz CT molecular complexity index is 411. The summed E-state index contributed by atoms with van der Waals surface area (Å²) >= 11 is 6.03. The van der Waals surface area contributed by atoms with Crippen LogP contribution >= 0.6 is 11.6 Å². The van der Waals surface area contributed by atoms with Gasteiger partial charge < -0.3 is 9.73 Å². The van der Waals surface area contributed by atoms with E-state index in [1.54, 1.807) is 12.5 Å². The van der Waals surface area contributed by atoms with Gasteiger partial charge in [0.05, 0.1) is 12.5 Å². The molecule has 0 amide bonds. The van der Waals surface area contributed by atoms with Crippen molar-refractivity contribution in [3.05, 3.63) is 59.0 Å². The summed E-state index contributed by atoms with van der Waals surface area (Å²) in [6.07, 6.45) is 3.41. The largest absolute Gasteiger partial charge is 0.472 e. The lowest BCUT2D eigenvalue weighted by atomic mass is 10.2. The van der Waals surface area contributed by atoms with Crippen molar-refractivity contribution in [3.8, 4) is 0 Å². The maximum absolute atomic E-state index is 6.03. The average molecular weight is 222 g/mol. The Hall–Kier alpha value is -1.25. The van der Waals surface area contributed by atoms with Crippen molar-refractivity contribution in [2.45, 2.75) is 13.1 Å². The van der Waals surface area contributed by atoms with E-state index in [0.29, 0.717) is 0 Å². The van der Waals surface area contributed by atoms with Gasteiger partial charge in [-0.1, -0.05) is 29.8 Å². The SMILES string of the molecule is Clc1ccccc1CNCc1ccoc1. The highest BCUT2D eigenvalue weighted by Gasteiger charge is 1.98. The molecule has 0 aliphatic rings. The topological polar surface area (TPSA) is 25.2 Å². The van der Waals surface area contributed by atoms with Gasteiger partial charge in [-0.2, -0.15) is 0 Å². The van der Waals surface area contributed by atoms with E-state index in [1.165, 1.54) is 0 Å². The average Bonchev–Trinajstić information content (AvgIpc) is 2.74. The number of hydrogen-bond donors (Lipinski definition) is 1. The van der Waals surface area contributed by atoms with E-state index in [2.05, 4.69) is 5.32 Å². The van der Waals surface area contributed by atoms with Gasteiger partial charge in [0.25, 0.3) is 0 Å². The summed E-state index contributed by atoms with van der Waals surface area (Å²) < 4.78 is 4.97. The summed E-state index contributed by atoms with van der Waals surface area (Å²) in [7, 11) is 0. The van der Waals surface area contributed by atoms with Crippen molar-refractivity contribution >= 4 is 11.6 Å². The van der Waals surface area contributed by atoms with Crippen molar-refractivity contribution in [2.75, 3.05) is 0 Å². The molecular formula is C12H12ClNO. The summed E-state index contributed by atoms with van der Waals surface area (Å²) in [5.74, 6) is 0. The van der Waals surface area contributed by atoms with Crippen LogP contribution in [0.4, 0.5) is 0 Å². The molecule has 0 radical (unpaired) electrons. The fourth-order valence-corrected chi connectivity index (χ4v) is 1.58. The highest BCUT2D eigenvalue weighted by Crippen LogP contribution is 2.14. The van der Waals surface area contributed by atoms with E-state index in [0.717, 1.165) is 29.2 Å². The molecule has 1 N–H and O–H groups in total. The van der Waals surface area contributed by atoms with Gasteiger partial charge in [0.1, 0.15) is 0 Å². The monoisotopic (exact) mass is 221 g/mol. The fraction of sp³-hybridized carbons (Fsp3) is 0.167. The van der Waals surface area contributed by atoms with Gasteiger partial charge in [0.2, 0.25) is 0 Å². The Kier molecular flexibility index (Phi) is 3.43. The van der Waals surface area contributed by atoms with Gasteiger partial charge in [-0.25, -0.2) is 0 Å². The lowest BCUT2D eigenvalue weighted by molar-refractivity contribution is 0.560. The zero-order valence-electron chi connectivity index (χ0n) is 8.24. The van der Waals surface area contributed by atoms with Crippen LogP contribution in [0, 0.1) is 0 Å². The van der Waals surface area contributed by atoms with Gasteiger partial charge in [0.15, 0.2) is 0 Å². The Morgan fingerprint density at radius 3 is 2.73 bits per heavy atom. The first kappa shape index (κ1) is 10.3. The number of rotatable bonds is 4. The molecule has 1 aromatic carbocycles. The Morgan fingerprint density at radius 2 is 2.00 bits per heavy atom. The number of furan rings is 1. The lowest BCUT2D eigenvalue weighted by Crippen LogP contribution is -2.12. The van der Waals surface area contributed by atoms with Crippen molar-refractivity contribution in [2.24, 2.45) is 0 Å². The third kappa shape index (κ3) is 2.85. The molecule has 0 saturated carbocycles. The summed E-state index contributed by atoms with van der Waals surface area (Å²) in [5.41, 5.74) is 2.25. The normalized spacial score (nSPS) is 10.5. The second-order valence-electron chi connectivity index (χ2n) is 3.33. The molecular weight excluding hydrogens is 210 g/mol. The van der Waals surface area contributed by atoms with E-state index in [4.69, 9.17) is 16.0 Å². The molecule has 0 saturated heterocycles. The number of hydrogen-bond acceptors (Lipinski definition) is 2. The zero-order chi connectivity index (χ0) is 10.5. The third-order valence-electron chi connectivity index (χ3n) is 2.18. The molecule has 2 nitrogen and oxygen atoms in total. The second-order valence-corrected chi connectivity index (χ2v) is 3.73. The second kappa shape index (κ2) is 5.01. The van der Waals surface area contributed by atoms with E-state index in [9.17, 15) is 0 Å². The van der Waals surface area contributed by atoms with Gasteiger partial charge in [-0.05, 0) is 17.7 Å². The molecule has 3 heteroatoms. The first-order chi connectivity index (χ1) is 7.36. The summed E-state index contributed by atoms with van der Waals surface area (Å²) in [6, 6.07) is 9.78. The maximum Gasteiger partial charge on any atom is 0.0947 e. The van der Waals surface area contributed by atoms with Crippen molar-refractivity contribution in [1.29, 1.82) is 0 Å². The molecule has 0 bridgehead atoms. The minimum Gasteiger partial charge on any atom is -0.472 e. The number of halogens is 1. The fourth-order valence-electron chi connectivity index (χ4n) is 1.38. The van der Waals surface area contributed by atoms with Crippen LogP contribution < -0.4 is 5.32 Å². The van der Waals surface area contributed by atoms with Crippen LogP contribution in [0.15, 0.2) is 47.3 Å². The Balaban J connectivity index is 1.86. The maximum atomic E-state index is 6.03. The molecule has 15 heavy (non-hydrogen) atoms. The number of nitrogens with one attached hydrogen (secondary N) is 1. The van der Waals surface area contributed by atoms with Crippen LogP contribution in [0.3, 0.4) is 0 Å². The third-order valence-corrected chi connectivity index (χ3v) is 2.55. The lowest BCUT2D eigenvalue weighted by Gasteiger charge is -2.04. The molecule has 1 aromatic heterocycles. The molecule has 0 atom stereocenters. The van der Waals surface area contributed by atoms with Crippen molar-refractivity contribution < 1.29 is 4.42 Å². The molecule has 0 unspecified atom stereocenters. The summed E-state index contributed by atoms with van der Waals surface area (Å²) in [4.78, 5) is 0. The van der Waals surface area contributed by atoms with Gasteiger partial charge >= 0.3 is 0 Å². The molecule has 0 aliphatic carbocycles. The standard InChI is InChI=1S/C12H12ClNO/c13-12-4-2-1-3-11(12)8-14-7-10-5-6-15-9-10/h1-6,9,14H,7-8H2. The highest BCUT2D eigenvalue weighted by atomic mass is 35.5. The number of benzene rings is 1. The van der Waals surface area contributed by atoms with Crippen LogP contribution in [0.1, 0.15) is 11.1 Å². The molecule has 0 aliphatic heterocycles. The minimum atomic E-state index is 0.769. The molecule has 1 heterocycles. The van der Waals surface area contributed by atoms with E-state index in [-0.39, 0.29) is 0 Å². The summed E-state index contributed by atoms with van der Waals surface area (Å²) in [5, 5.41) is 4.10. The van der Waals surface area contributed by atoms with E-state index < -0.39 is 0 Å². The molecule has 2 rings (SSSR count). The van der Waals surface area contributed by atoms with Gasteiger partial charge in [-0.3, -0.25) is 0 Å². The highest BCUT2D eigenvalue weighted by molar-refractivity contribution is 6.31. The van der Waals surface area contributed by atoms with Crippen LogP contribution in [0.2, 0.25) is 5.02 Å². The quantitative estimate of drug-likeness (QED) is 0.858. The van der Waals surface area contributed by atoms with Crippen molar-refractivity contribution in [1.82, 2.24) is 5.32 Å². The van der Waals surface area contributed by atoms with Crippen LogP contribution in [-0.2, 0) is 13.1 Å². The van der Waals surface area contributed by atoms with Gasteiger partial charge in [0, 0.05) is 23.7 Å². The predicted molar refractivity (Wildman–Crippen MR) is 60.7 cm³/mol. The van der Waals surface area contributed by atoms with Crippen LogP contribution in [0.25, 0.3) is 0 Å². The first-order valence-corrected chi connectivity index (χ1v) is 5.19. The smallest absolute Gasteiger partial charge is 0.0947 e. The van der Waals surface area contributed by atoms with E-state index >= 15 is 0 Å². The molecule has 0 spiro atoms. The van der Waals surface area contributed by atoms with Gasteiger partial charge in [-0.15, -0.1) is 0 Å². The minimum absolute atomic E-state index is 0.769. The molecule has 78 valence electrons. The Labute approximate surface area is 93.9 Å². The van der Waals surface area contributed by atoms with Crippen molar-refractivity contribution in [3.63, 3.8) is 0 Å². The summed E-state index contributed by atoms with van der Waals surface area (Å²) in [6.45, 7) is 1.56. The zero-order valence-corrected chi connectivity index (χ0v) is 9.00. The predicted octanol–water partition coefficient (Wildman–Crippen LogP) is 3.22.